The van der Waals surface area contributed by atoms with Gasteiger partial charge < -0.3 is 9.64 Å². The first kappa shape index (κ1) is 27.6. The Morgan fingerprint density at radius 2 is 1.68 bits per heavy atom. The Hall–Kier alpha value is -2.43. The number of carbonyl (C=O) groups excluding carboxylic acids is 1. The third-order valence-corrected chi connectivity index (χ3v) is 8.97. The maximum absolute atomic E-state index is 13.3. The molecule has 0 N–H and O–H groups in total. The molecule has 2 fully saturated rings. The van der Waals surface area contributed by atoms with Gasteiger partial charge >= 0.3 is 6.18 Å². The number of amides is 1. The molecule has 1 unspecified atom stereocenters. The van der Waals surface area contributed by atoms with Gasteiger partial charge in [-0.15, -0.1) is 0 Å². The van der Waals surface area contributed by atoms with E-state index in [0.29, 0.717) is 31.5 Å². The van der Waals surface area contributed by atoms with Crippen LogP contribution in [0.25, 0.3) is 0 Å². The number of nitrogens with zero attached hydrogens (tertiary/aromatic N) is 2. The van der Waals surface area contributed by atoms with Crippen molar-refractivity contribution in [2.24, 2.45) is 5.92 Å². The Balaban J connectivity index is 1.45. The number of hydrogen-bond donors (Lipinski definition) is 0. The SMILES string of the molecule is CC(C)CS(=O)(=O)c1ccc(C(=O)N2CCC3(CC2)CN(CC(F)(F)F)CC(c2ccccc2)O3)cc1. The van der Waals surface area contributed by atoms with Crippen LogP contribution in [0.15, 0.2) is 59.5 Å². The second-order valence-electron chi connectivity index (χ2n) is 10.5. The molecule has 2 aromatic carbocycles. The minimum Gasteiger partial charge on any atom is -0.364 e. The van der Waals surface area contributed by atoms with Crippen LogP contribution >= 0.6 is 0 Å². The summed E-state index contributed by atoms with van der Waals surface area (Å²) in [5.41, 5.74) is 0.430. The fourth-order valence-corrected chi connectivity index (χ4v) is 6.83. The van der Waals surface area contributed by atoms with Crippen LogP contribution in [-0.4, -0.2) is 74.4 Å². The number of sulfone groups is 1. The van der Waals surface area contributed by atoms with Gasteiger partial charge in [-0.2, -0.15) is 13.2 Å². The molecule has 0 aromatic heterocycles. The summed E-state index contributed by atoms with van der Waals surface area (Å²) in [4.78, 5) is 16.4. The number of rotatable bonds is 6. The Labute approximate surface area is 216 Å². The standard InChI is InChI=1S/C27H33F3N2O4S/c1-20(2)17-37(34,35)23-10-8-22(9-11-23)25(33)32-14-12-26(13-15-32)18-31(19-27(28,29)30)16-24(36-26)21-6-4-3-5-7-21/h3-11,20,24H,12-19H2,1-2H3. The lowest BCUT2D eigenvalue weighted by molar-refractivity contribution is -0.205. The van der Waals surface area contributed by atoms with E-state index in [9.17, 15) is 26.4 Å². The first-order chi connectivity index (χ1) is 17.4. The van der Waals surface area contributed by atoms with Crippen LogP contribution in [0.1, 0.15) is 48.7 Å². The zero-order chi connectivity index (χ0) is 26.8. The van der Waals surface area contributed by atoms with Crippen molar-refractivity contribution < 1.29 is 31.1 Å². The van der Waals surface area contributed by atoms with E-state index in [1.807, 2.05) is 44.2 Å². The second kappa shape index (κ2) is 10.7. The Kier molecular flexibility index (Phi) is 8.02. The summed E-state index contributed by atoms with van der Waals surface area (Å²) in [7, 11) is -3.42. The van der Waals surface area contributed by atoms with Crippen molar-refractivity contribution in [1.82, 2.24) is 9.80 Å². The van der Waals surface area contributed by atoms with Crippen molar-refractivity contribution in [2.75, 3.05) is 38.5 Å². The highest BCUT2D eigenvalue weighted by Gasteiger charge is 2.46. The zero-order valence-corrected chi connectivity index (χ0v) is 21.9. The number of benzene rings is 2. The average molecular weight is 539 g/mol. The maximum Gasteiger partial charge on any atom is 0.401 e. The molecule has 2 aliphatic rings. The molecule has 1 atom stereocenters. The smallest absolute Gasteiger partial charge is 0.364 e. The molecule has 37 heavy (non-hydrogen) atoms. The lowest BCUT2D eigenvalue weighted by Gasteiger charge is -2.50. The van der Waals surface area contributed by atoms with Gasteiger partial charge in [0.15, 0.2) is 9.84 Å². The summed E-state index contributed by atoms with van der Waals surface area (Å²) in [5.74, 6) is -0.211. The summed E-state index contributed by atoms with van der Waals surface area (Å²) in [5, 5.41) is 0. The third kappa shape index (κ3) is 6.91. The molecule has 2 aromatic rings. The van der Waals surface area contributed by atoms with E-state index in [-0.39, 0.29) is 35.6 Å². The summed E-state index contributed by atoms with van der Waals surface area (Å²) in [6.45, 7) is 3.65. The molecule has 0 saturated carbocycles. The fourth-order valence-electron chi connectivity index (χ4n) is 5.21. The van der Waals surface area contributed by atoms with Crippen LogP contribution in [0.5, 0.6) is 0 Å². The third-order valence-electron chi connectivity index (χ3n) is 6.88. The molecule has 0 bridgehead atoms. The van der Waals surface area contributed by atoms with Gasteiger partial charge in [0, 0.05) is 31.7 Å². The van der Waals surface area contributed by atoms with E-state index in [0.717, 1.165) is 5.56 Å². The quantitative estimate of drug-likeness (QED) is 0.532. The first-order valence-corrected chi connectivity index (χ1v) is 14.2. The van der Waals surface area contributed by atoms with Crippen LogP contribution in [0.2, 0.25) is 0 Å². The number of likely N-dealkylation sites (tertiary alicyclic amines) is 1. The molecule has 2 aliphatic heterocycles. The summed E-state index contributed by atoms with van der Waals surface area (Å²) in [6, 6.07) is 15.2. The van der Waals surface area contributed by atoms with Gasteiger partial charge in [0.05, 0.1) is 28.9 Å². The number of alkyl halides is 3. The molecule has 4 rings (SSSR count). The lowest BCUT2D eigenvalue weighted by Crippen LogP contribution is -2.59. The zero-order valence-electron chi connectivity index (χ0n) is 21.1. The van der Waals surface area contributed by atoms with Gasteiger partial charge in [-0.25, -0.2) is 8.42 Å². The van der Waals surface area contributed by atoms with Crippen molar-refractivity contribution in [3.05, 3.63) is 65.7 Å². The largest absolute Gasteiger partial charge is 0.401 e. The molecule has 0 radical (unpaired) electrons. The van der Waals surface area contributed by atoms with Crippen molar-refractivity contribution in [2.45, 2.75) is 49.5 Å². The molecule has 2 saturated heterocycles. The monoisotopic (exact) mass is 538 g/mol. The van der Waals surface area contributed by atoms with Gasteiger partial charge in [-0.05, 0) is 48.6 Å². The number of halogens is 3. The molecule has 10 heteroatoms. The van der Waals surface area contributed by atoms with Gasteiger partial charge in [0.2, 0.25) is 0 Å². The first-order valence-electron chi connectivity index (χ1n) is 12.5. The second-order valence-corrected chi connectivity index (χ2v) is 12.5. The molecule has 1 amide bonds. The predicted octanol–water partition coefficient (Wildman–Crippen LogP) is 4.73. The molecule has 2 heterocycles. The minimum absolute atomic E-state index is 0.0115. The summed E-state index contributed by atoms with van der Waals surface area (Å²) in [6.07, 6.45) is -3.97. The number of carbonyl (C=O) groups is 1. The molecule has 202 valence electrons. The van der Waals surface area contributed by atoms with E-state index in [2.05, 4.69) is 0 Å². The van der Waals surface area contributed by atoms with Crippen molar-refractivity contribution >= 4 is 15.7 Å². The van der Waals surface area contributed by atoms with Crippen molar-refractivity contribution in [1.29, 1.82) is 0 Å². The highest BCUT2D eigenvalue weighted by Crippen LogP contribution is 2.39. The molecule has 6 nitrogen and oxygen atoms in total. The molecule has 1 spiro atoms. The van der Waals surface area contributed by atoms with E-state index in [4.69, 9.17) is 4.74 Å². The van der Waals surface area contributed by atoms with Gasteiger partial charge in [0.25, 0.3) is 5.91 Å². The lowest BCUT2D eigenvalue weighted by atomic mass is 9.87. The van der Waals surface area contributed by atoms with Crippen LogP contribution in [0.3, 0.4) is 0 Å². The Morgan fingerprint density at radius 1 is 1.05 bits per heavy atom. The molecule has 0 aliphatic carbocycles. The van der Waals surface area contributed by atoms with Gasteiger partial charge in [-0.1, -0.05) is 44.2 Å². The Morgan fingerprint density at radius 3 is 2.24 bits per heavy atom. The topological polar surface area (TPSA) is 66.9 Å². The van der Waals surface area contributed by atoms with Gasteiger partial charge in [-0.3, -0.25) is 9.69 Å². The Bertz CT molecular complexity index is 1180. The number of hydrogen-bond acceptors (Lipinski definition) is 5. The van der Waals surface area contributed by atoms with Gasteiger partial charge in [0.1, 0.15) is 0 Å². The van der Waals surface area contributed by atoms with E-state index < -0.39 is 34.3 Å². The van der Waals surface area contributed by atoms with Crippen LogP contribution < -0.4 is 0 Å². The highest BCUT2D eigenvalue weighted by molar-refractivity contribution is 7.91. The summed E-state index contributed by atoms with van der Waals surface area (Å²) >= 11 is 0. The van der Waals surface area contributed by atoms with E-state index in [1.54, 1.807) is 4.90 Å². The number of piperidine rings is 1. The van der Waals surface area contributed by atoms with E-state index >= 15 is 0 Å². The normalized spacial score (nSPS) is 20.9. The fraction of sp³-hybridized carbons (Fsp3) is 0.519. The van der Waals surface area contributed by atoms with E-state index in [1.165, 1.54) is 29.2 Å². The maximum atomic E-state index is 13.3. The van der Waals surface area contributed by atoms with Crippen LogP contribution in [0, 0.1) is 5.92 Å². The van der Waals surface area contributed by atoms with Crippen LogP contribution in [0.4, 0.5) is 13.2 Å². The molecular weight excluding hydrogens is 505 g/mol. The van der Waals surface area contributed by atoms with Crippen molar-refractivity contribution in [3.8, 4) is 0 Å². The highest BCUT2D eigenvalue weighted by atomic mass is 32.2. The molecular formula is C27H33F3N2O4S. The summed E-state index contributed by atoms with van der Waals surface area (Å²) < 4.78 is 71.2. The number of morpholine rings is 1. The number of ether oxygens (including phenoxy) is 1. The van der Waals surface area contributed by atoms with Crippen LogP contribution in [-0.2, 0) is 14.6 Å². The van der Waals surface area contributed by atoms with Crippen molar-refractivity contribution in [3.63, 3.8) is 0 Å². The average Bonchev–Trinajstić information content (AvgIpc) is 2.83. The minimum atomic E-state index is -4.31. The predicted molar refractivity (Wildman–Crippen MR) is 134 cm³/mol.